The SMILES string of the molecule is CN(C)CCCNCC#N. The van der Waals surface area contributed by atoms with Crippen molar-refractivity contribution in [1.29, 1.82) is 5.26 Å². The second-order valence-corrected chi connectivity index (χ2v) is 2.49. The van der Waals surface area contributed by atoms with Gasteiger partial charge in [-0.05, 0) is 33.6 Å². The fourth-order valence-corrected chi connectivity index (χ4v) is 0.665. The highest BCUT2D eigenvalue weighted by atomic mass is 15.0. The molecule has 0 rings (SSSR count). The highest BCUT2D eigenvalue weighted by Gasteiger charge is 1.88. The normalized spacial score (nSPS) is 9.80. The molecule has 3 nitrogen and oxygen atoms in total. The van der Waals surface area contributed by atoms with Crippen LogP contribution >= 0.6 is 0 Å². The van der Waals surface area contributed by atoms with Crippen molar-refractivity contribution in [2.24, 2.45) is 0 Å². The van der Waals surface area contributed by atoms with Gasteiger partial charge >= 0.3 is 0 Å². The van der Waals surface area contributed by atoms with E-state index in [1.165, 1.54) is 0 Å². The van der Waals surface area contributed by atoms with Crippen LogP contribution in [0, 0.1) is 11.3 Å². The van der Waals surface area contributed by atoms with E-state index in [0.717, 1.165) is 19.5 Å². The van der Waals surface area contributed by atoms with Gasteiger partial charge in [0.15, 0.2) is 0 Å². The van der Waals surface area contributed by atoms with Gasteiger partial charge in [0.25, 0.3) is 0 Å². The van der Waals surface area contributed by atoms with Gasteiger partial charge in [0.1, 0.15) is 0 Å². The summed E-state index contributed by atoms with van der Waals surface area (Å²) >= 11 is 0. The van der Waals surface area contributed by atoms with Crippen LogP contribution in [0.3, 0.4) is 0 Å². The molecule has 0 aromatic carbocycles. The molecular weight excluding hydrogens is 126 g/mol. The molecule has 0 heterocycles. The van der Waals surface area contributed by atoms with E-state index < -0.39 is 0 Å². The summed E-state index contributed by atoms with van der Waals surface area (Å²) in [4.78, 5) is 2.13. The summed E-state index contributed by atoms with van der Waals surface area (Å²) in [6, 6.07) is 2.03. The third-order valence-corrected chi connectivity index (χ3v) is 1.16. The van der Waals surface area contributed by atoms with Gasteiger partial charge in [0.05, 0.1) is 12.6 Å². The average molecular weight is 141 g/mol. The van der Waals surface area contributed by atoms with Gasteiger partial charge in [0, 0.05) is 0 Å². The highest BCUT2D eigenvalue weighted by Crippen LogP contribution is 1.79. The molecule has 0 aliphatic carbocycles. The molecule has 0 saturated heterocycles. The molecule has 0 aromatic heterocycles. The van der Waals surface area contributed by atoms with E-state index in [9.17, 15) is 0 Å². The number of hydrogen-bond acceptors (Lipinski definition) is 3. The van der Waals surface area contributed by atoms with Crippen molar-refractivity contribution in [3.63, 3.8) is 0 Å². The standard InChI is InChI=1S/C7H15N3/c1-10(2)7-3-5-9-6-4-8/h9H,3,5-7H2,1-2H3. The zero-order chi connectivity index (χ0) is 7.82. The van der Waals surface area contributed by atoms with E-state index in [0.29, 0.717) is 6.54 Å². The first-order valence-corrected chi connectivity index (χ1v) is 3.49. The predicted octanol–water partition coefficient (Wildman–Crippen LogP) is 0.0513. The monoisotopic (exact) mass is 141 g/mol. The first-order chi connectivity index (χ1) is 4.77. The molecule has 0 radical (unpaired) electrons. The van der Waals surface area contributed by atoms with Gasteiger partial charge in [-0.15, -0.1) is 0 Å². The Labute approximate surface area is 62.6 Å². The van der Waals surface area contributed by atoms with Crippen LogP contribution in [0.1, 0.15) is 6.42 Å². The molecule has 58 valence electrons. The molecule has 0 bridgehead atoms. The molecule has 0 atom stereocenters. The van der Waals surface area contributed by atoms with Gasteiger partial charge in [0.2, 0.25) is 0 Å². The summed E-state index contributed by atoms with van der Waals surface area (Å²) in [6.45, 7) is 2.48. The molecule has 0 spiro atoms. The zero-order valence-corrected chi connectivity index (χ0v) is 6.72. The zero-order valence-electron chi connectivity index (χ0n) is 6.72. The number of nitrogens with zero attached hydrogens (tertiary/aromatic N) is 2. The lowest BCUT2D eigenvalue weighted by Crippen LogP contribution is -2.21. The maximum Gasteiger partial charge on any atom is 0.0840 e. The molecule has 0 aromatic rings. The minimum atomic E-state index is 0.466. The first kappa shape index (κ1) is 9.41. The molecule has 0 amide bonds. The van der Waals surface area contributed by atoms with Crippen molar-refractivity contribution in [1.82, 2.24) is 10.2 Å². The van der Waals surface area contributed by atoms with E-state index in [2.05, 4.69) is 10.2 Å². The van der Waals surface area contributed by atoms with Gasteiger partial charge in [-0.2, -0.15) is 5.26 Å². The predicted molar refractivity (Wildman–Crippen MR) is 41.7 cm³/mol. The Balaban J connectivity index is 2.86. The second-order valence-electron chi connectivity index (χ2n) is 2.49. The van der Waals surface area contributed by atoms with Crippen LogP contribution in [0.2, 0.25) is 0 Å². The Bertz CT molecular complexity index is 104. The number of nitrogens with one attached hydrogen (secondary N) is 1. The maximum atomic E-state index is 8.15. The van der Waals surface area contributed by atoms with Crippen LogP contribution in [-0.2, 0) is 0 Å². The molecule has 10 heavy (non-hydrogen) atoms. The highest BCUT2D eigenvalue weighted by molar-refractivity contribution is 4.72. The summed E-state index contributed by atoms with van der Waals surface area (Å²) in [5.74, 6) is 0. The average Bonchev–Trinajstić information content (AvgIpc) is 1.87. The van der Waals surface area contributed by atoms with Crippen LogP contribution in [0.5, 0.6) is 0 Å². The maximum absolute atomic E-state index is 8.15. The third kappa shape index (κ3) is 7.41. The largest absolute Gasteiger partial charge is 0.309 e. The van der Waals surface area contributed by atoms with Crippen LogP contribution in [-0.4, -0.2) is 38.6 Å². The van der Waals surface area contributed by atoms with Gasteiger partial charge in [-0.3, -0.25) is 0 Å². The van der Waals surface area contributed by atoms with Crippen LogP contribution in [0.4, 0.5) is 0 Å². The van der Waals surface area contributed by atoms with Crippen molar-refractivity contribution >= 4 is 0 Å². The van der Waals surface area contributed by atoms with Gasteiger partial charge in [-0.1, -0.05) is 0 Å². The fourth-order valence-electron chi connectivity index (χ4n) is 0.665. The van der Waals surface area contributed by atoms with E-state index >= 15 is 0 Å². The minimum Gasteiger partial charge on any atom is -0.309 e. The van der Waals surface area contributed by atoms with Crippen molar-refractivity contribution in [3.8, 4) is 6.07 Å². The number of rotatable bonds is 5. The molecule has 0 aliphatic heterocycles. The summed E-state index contributed by atoms with van der Waals surface area (Å²) in [7, 11) is 4.09. The molecular formula is C7H15N3. The Kier molecular flexibility index (Phi) is 6.14. The van der Waals surface area contributed by atoms with Crippen LogP contribution < -0.4 is 5.32 Å². The number of hydrogen-bond donors (Lipinski definition) is 1. The summed E-state index contributed by atoms with van der Waals surface area (Å²) in [5, 5.41) is 11.2. The summed E-state index contributed by atoms with van der Waals surface area (Å²) < 4.78 is 0. The number of nitriles is 1. The first-order valence-electron chi connectivity index (χ1n) is 3.49. The van der Waals surface area contributed by atoms with E-state index in [4.69, 9.17) is 5.26 Å². The molecule has 3 heteroatoms. The van der Waals surface area contributed by atoms with Crippen molar-refractivity contribution < 1.29 is 0 Å². The Morgan fingerprint density at radius 1 is 1.50 bits per heavy atom. The van der Waals surface area contributed by atoms with Gasteiger partial charge < -0.3 is 10.2 Å². The third-order valence-electron chi connectivity index (χ3n) is 1.16. The lowest BCUT2D eigenvalue weighted by Gasteiger charge is -2.07. The second kappa shape index (κ2) is 6.53. The van der Waals surface area contributed by atoms with Crippen LogP contribution in [0.15, 0.2) is 0 Å². The van der Waals surface area contributed by atoms with Crippen molar-refractivity contribution in [2.75, 3.05) is 33.7 Å². The van der Waals surface area contributed by atoms with Gasteiger partial charge in [-0.25, -0.2) is 0 Å². The van der Waals surface area contributed by atoms with E-state index in [1.807, 2.05) is 20.2 Å². The lowest BCUT2D eigenvalue weighted by atomic mass is 10.4. The van der Waals surface area contributed by atoms with Crippen LogP contribution in [0.25, 0.3) is 0 Å². The summed E-state index contributed by atoms with van der Waals surface area (Å²) in [6.07, 6.45) is 1.11. The molecule has 1 N–H and O–H groups in total. The Morgan fingerprint density at radius 2 is 2.20 bits per heavy atom. The minimum absolute atomic E-state index is 0.466. The van der Waals surface area contributed by atoms with Crippen molar-refractivity contribution in [2.45, 2.75) is 6.42 Å². The Morgan fingerprint density at radius 3 is 2.70 bits per heavy atom. The molecule has 0 aliphatic rings. The quantitative estimate of drug-likeness (QED) is 0.434. The lowest BCUT2D eigenvalue weighted by molar-refractivity contribution is 0.396. The summed E-state index contributed by atoms with van der Waals surface area (Å²) in [5.41, 5.74) is 0. The molecule has 0 fully saturated rings. The smallest absolute Gasteiger partial charge is 0.0840 e. The molecule has 0 saturated carbocycles. The van der Waals surface area contributed by atoms with E-state index in [1.54, 1.807) is 0 Å². The Hall–Kier alpha value is -0.590. The fraction of sp³-hybridized carbons (Fsp3) is 0.857. The molecule has 0 unspecified atom stereocenters. The van der Waals surface area contributed by atoms with Crippen molar-refractivity contribution in [3.05, 3.63) is 0 Å². The topological polar surface area (TPSA) is 39.1 Å². The van der Waals surface area contributed by atoms with E-state index in [-0.39, 0.29) is 0 Å².